The summed E-state index contributed by atoms with van der Waals surface area (Å²) in [6.45, 7) is 10.1. The predicted molar refractivity (Wildman–Crippen MR) is 66.5 cm³/mol. The van der Waals surface area contributed by atoms with Gasteiger partial charge in [0.25, 0.3) is 0 Å². The Morgan fingerprint density at radius 2 is 1.87 bits per heavy atom. The van der Waals surface area contributed by atoms with E-state index in [2.05, 4.69) is 20.8 Å². The summed E-state index contributed by atoms with van der Waals surface area (Å²) in [6.07, 6.45) is 6.26. The first kappa shape index (κ1) is 13.8. The van der Waals surface area contributed by atoms with E-state index in [-0.39, 0.29) is 5.41 Å². The number of aliphatic hydroxyl groups excluding tert-OH is 1. The summed E-state index contributed by atoms with van der Waals surface area (Å²) < 4.78 is 0. The summed E-state index contributed by atoms with van der Waals surface area (Å²) in [7, 11) is 0. The van der Waals surface area contributed by atoms with Crippen LogP contribution >= 0.6 is 0 Å². The first-order valence-corrected chi connectivity index (χ1v) is 5.32. The van der Waals surface area contributed by atoms with Gasteiger partial charge in [-0.3, -0.25) is 0 Å². The molecule has 0 aromatic heterocycles. The molecule has 0 saturated heterocycles. The minimum Gasteiger partial charge on any atom is -0.512 e. The van der Waals surface area contributed by atoms with Crippen molar-refractivity contribution in [3.63, 3.8) is 0 Å². The van der Waals surface area contributed by atoms with Gasteiger partial charge >= 0.3 is 0 Å². The summed E-state index contributed by atoms with van der Waals surface area (Å²) in [4.78, 5) is 0. The molecule has 0 amide bonds. The zero-order valence-electron chi connectivity index (χ0n) is 10.5. The third kappa shape index (κ3) is 4.73. The number of rotatable bonds is 3. The second-order valence-electron chi connectivity index (χ2n) is 4.67. The number of nitrogens with two attached hydrogens (primary N) is 1. The Morgan fingerprint density at radius 3 is 2.13 bits per heavy atom. The fourth-order valence-corrected chi connectivity index (χ4v) is 1.27. The van der Waals surface area contributed by atoms with Gasteiger partial charge in [0.1, 0.15) is 0 Å². The van der Waals surface area contributed by atoms with Crippen LogP contribution in [0.25, 0.3) is 0 Å². The fraction of sp³-hybridized carbons (Fsp3) is 0.538. The molecule has 0 aromatic carbocycles. The minimum atomic E-state index is 0.0335. The van der Waals surface area contributed by atoms with Crippen molar-refractivity contribution < 1.29 is 5.11 Å². The van der Waals surface area contributed by atoms with Gasteiger partial charge in [-0.1, -0.05) is 33.8 Å². The largest absolute Gasteiger partial charge is 0.512 e. The van der Waals surface area contributed by atoms with Crippen molar-refractivity contribution in [3.8, 4) is 0 Å². The summed E-state index contributed by atoms with van der Waals surface area (Å²) in [5, 5.41) is 9.47. The van der Waals surface area contributed by atoms with Gasteiger partial charge in [-0.2, -0.15) is 0 Å². The van der Waals surface area contributed by atoms with Crippen molar-refractivity contribution in [1.82, 2.24) is 0 Å². The van der Waals surface area contributed by atoms with E-state index in [1.807, 2.05) is 19.1 Å². The van der Waals surface area contributed by atoms with Gasteiger partial charge in [0.15, 0.2) is 0 Å². The van der Waals surface area contributed by atoms with Crippen LogP contribution in [-0.4, -0.2) is 5.11 Å². The van der Waals surface area contributed by atoms with Gasteiger partial charge in [0.05, 0.1) is 5.76 Å². The topological polar surface area (TPSA) is 46.2 Å². The van der Waals surface area contributed by atoms with Crippen molar-refractivity contribution in [1.29, 1.82) is 0 Å². The predicted octanol–water partition coefficient (Wildman–Crippen LogP) is 3.67. The van der Waals surface area contributed by atoms with Crippen molar-refractivity contribution in [2.24, 2.45) is 11.1 Å². The highest BCUT2D eigenvalue weighted by Gasteiger charge is 2.15. The molecule has 0 aliphatic carbocycles. The van der Waals surface area contributed by atoms with Crippen LogP contribution in [0.4, 0.5) is 0 Å². The number of hydrogen-bond donors (Lipinski definition) is 2. The molecule has 2 nitrogen and oxygen atoms in total. The zero-order valence-corrected chi connectivity index (χ0v) is 10.5. The molecule has 86 valence electrons. The van der Waals surface area contributed by atoms with Crippen LogP contribution in [0.2, 0.25) is 0 Å². The average Bonchev–Trinajstić information content (AvgIpc) is 2.09. The van der Waals surface area contributed by atoms with Crippen LogP contribution in [0.1, 0.15) is 41.0 Å². The number of hydrogen-bond acceptors (Lipinski definition) is 2. The third-order valence-electron chi connectivity index (χ3n) is 2.32. The Morgan fingerprint density at radius 1 is 1.33 bits per heavy atom. The van der Waals surface area contributed by atoms with E-state index in [1.54, 1.807) is 6.92 Å². The lowest BCUT2D eigenvalue weighted by Crippen LogP contribution is -2.08. The first-order valence-electron chi connectivity index (χ1n) is 5.32. The fourth-order valence-electron chi connectivity index (χ4n) is 1.27. The van der Waals surface area contributed by atoms with Crippen LogP contribution in [-0.2, 0) is 0 Å². The molecule has 0 unspecified atom stereocenters. The summed E-state index contributed by atoms with van der Waals surface area (Å²) >= 11 is 0. The molecule has 0 aromatic rings. The number of aliphatic hydroxyl groups is 1. The molecule has 0 saturated carbocycles. The molecule has 0 fully saturated rings. The third-order valence-corrected chi connectivity index (χ3v) is 2.32. The minimum absolute atomic E-state index is 0.0335. The Balaban J connectivity index is 5.26. The smallest absolute Gasteiger partial charge is 0.0923 e. The van der Waals surface area contributed by atoms with Crippen LogP contribution < -0.4 is 5.73 Å². The Bertz CT molecular complexity index is 286. The first-order chi connectivity index (χ1) is 6.82. The molecular formula is C13H23NO. The van der Waals surface area contributed by atoms with Crippen LogP contribution in [0.5, 0.6) is 0 Å². The monoisotopic (exact) mass is 209 g/mol. The van der Waals surface area contributed by atoms with Crippen molar-refractivity contribution in [2.75, 3.05) is 0 Å². The van der Waals surface area contributed by atoms with E-state index in [4.69, 9.17) is 5.73 Å². The van der Waals surface area contributed by atoms with Gasteiger partial charge in [-0.05, 0) is 42.2 Å². The highest BCUT2D eigenvalue weighted by molar-refractivity contribution is 5.34. The Kier molecular flexibility index (Phi) is 5.20. The van der Waals surface area contributed by atoms with Gasteiger partial charge < -0.3 is 10.8 Å². The standard InChI is InChI=1S/C13H23NO/c1-6-11(10(2)15)9-12(7-8-14)13(3,4)5/h7-9,15H,6,14H2,1-5H3/b8-7+,11-10+,12-9+. The summed E-state index contributed by atoms with van der Waals surface area (Å²) in [6, 6.07) is 0. The van der Waals surface area contributed by atoms with E-state index in [0.717, 1.165) is 17.6 Å². The molecule has 3 N–H and O–H groups in total. The van der Waals surface area contributed by atoms with E-state index < -0.39 is 0 Å². The Hall–Kier alpha value is -1.18. The highest BCUT2D eigenvalue weighted by Crippen LogP contribution is 2.28. The summed E-state index contributed by atoms with van der Waals surface area (Å²) in [5.74, 6) is 0.379. The number of allylic oxidation sites excluding steroid dienone is 5. The molecule has 0 bridgehead atoms. The van der Waals surface area contributed by atoms with Crippen molar-refractivity contribution in [2.45, 2.75) is 41.0 Å². The van der Waals surface area contributed by atoms with Crippen molar-refractivity contribution >= 4 is 0 Å². The van der Waals surface area contributed by atoms with E-state index in [9.17, 15) is 5.11 Å². The zero-order chi connectivity index (χ0) is 12.1. The maximum atomic E-state index is 9.47. The maximum Gasteiger partial charge on any atom is 0.0923 e. The lowest BCUT2D eigenvalue weighted by molar-refractivity contribution is 0.407. The second kappa shape index (κ2) is 5.64. The molecule has 0 spiro atoms. The molecule has 0 aliphatic heterocycles. The normalized spacial score (nSPS) is 15.7. The molecule has 0 rings (SSSR count). The van der Waals surface area contributed by atoms with Gasteiger partial charge in [-0.25, -0.2) is 0 Å². The molecular weight excluding hydrogens is 186 g/mol. The van der Waals surface area contributed by atoms with E-state index in [0.29, 0.717) is 5.76 Å². The quantitative estimate of drug-likeness (QED) is 0.550. The molecule has 0 atom stereocenters. The van der Waals surface area contributed by atoms with E-state index in [1.165, 1.54) is 6.20 Å². The highest BCUT2D eigenvalue weighted by atomic mass is 16.3. The average molecular weight is 209 g/mol. The molecule has 2 heteroatoms. The second-order valence-corrected chi connectivity index (χ2v) is 4.67. The maximum absolute atomic E-state index is 9.47. The lowest BCUT2D eigenvalue weighted by Gasteiger charge is -2.21. The van der Waals surface area contributed by atoms with Crippen LogP contribution in [0, 0.1) is 5.41 Å². The molecule has 0 aliphatic rings. The molecule has 0 heterocycles. The lowest BCUT2D eigenvalue weighted by atomic mass is 9.85. The Labute approximate surface area is 93.2 Å². The SMILES string of the molecule is CCC(/C=C(\C=C\N)C(C)(C)C)=C(/C)O. The van der Waals surface area contributed by atoms with Gasteiger partial charge in [0.2, 0.25) is 0 Å². The van der Waals surface area contributed by atoms with E-state index >= 15 is 0 Å². The van der Waals surface area contributed by atoms with Gasteiger partial charge in [-0.15, -0.1) is 0 Å². The summed E-state index contributed by atoms with van der Waals surface area (Å²) in [5.41, 5.74) is 7.53. The molecule has 0 radical (unpaired) electrons. The van der Waals surface area contributed by atoms with Crippen LogP contribution in [0.3, 0.4) is 0 Å². The van der Waals surface area contributed by atoms with Crippen molar-refractivity contribution in [3.05, 3.63) is 35.3 Å². The molecule has 15 heavy (non-hydrogen) atoms. The van der Waals surface area contributed by atoms with Gasteiger partial charge in [0, 0.05) is 0 Å². The van der Waals surface area contributed by atoms with Crippen LogP contribution in [0.15, 0.2) is 35.3 Å².